The molecule has 5 heteroatoms. The molecule has 0 bridgehead atoms. The zero-order valence-corrected chi connectivity index (χ0v) is 14.5. The zero-order chi connectivity index (χ0) is 16.4. The van der Waals surface area contributed by atoms with Crippen LogP contribution >= 0.6 is 11.3 Å². The zero-order valence-electron chi connectivity index (χ0n) is 13.7. The Morgan fingerprint density at radius 3 is 2.58 bits per heavy atom. The summed E-state index contributed by atoms with van der Waals surface area (Å²) in [5, 5.41) is 2.77. The van der Waals surface area contributed by atoms with Gasteiger partial charge in [-0.15, -0.1) is 11.3 Å². The third kappa shape index (κ3) is 3.14. The second kappa shape index (κ2) is 6.87. The minimum absolute atomic E-state index is 0.00988. The quantitative estimate of drug-likeness (QED) is 0.770. The van der Waals surface area contributed by atoms with Crippen LogP contribution in [0.5, 0.6) is 0 Å². The Morgan fingerprint density at radius 2 is 1.83 bits per heavy atom. The van der Waals surface area contributed by atoms with Crippen molar-refractivity contribution in [2.75, 3.05) is 13.1 Å². The Bertz CT molecular complexity index is 877. The SMILES string of the molecule is O=c1[nH]c(C[NH+]2CCCCCC2)nc2scc(-c3ccccc3)c12. The smallest absolute Gasteiger partial charge is 0.260 e. The van der Waals surface area contributed by atoms with E-state index in [1.54, 1.807) is 11.3 Å². The normalized spacial score (nSPS) is 16.3. The molecule has 1 fully saturated rings. The first-order valence-corrected chi connectivity index (χ1v) is 9.58. The van der Waals surface area contributed by atoms with Crippen molar-refractivity contribution < 1.29 is 4.90 Å². The molecule has 0 aliphatic carbocycles. The van der Waals surface area contributed by atoms with Crippen LogP contribution in [0.2, 0.25) is 0 Å². The van der Waals surface area contributed by atoms with Crippen molar-refractivity contribution in [3.8, 4) is 11.1 Å². The fraction of sp³-hybridized carbons (Fsp3) is 0.368. The van der Waals surface area contributed by atoms with Gasteiger partial charge in [0.25, 0.3) is 5.56 Å². The summed E-state index contributed by atoms with van der Waals surface area (Å²) in [4.78, 5) is 22.8. The van der Waals surface area contributed by atoms with Gasteiger partial charge in [0.05, 0.1) is 18.5 Å². The topological polar surface area (TPSA) is 50.2 Å². The number of fused-ring (bicyclic) bond motifs is 1. The van der Waals surface area contributed by atoms with Gasteiger partial charge in [-0.2, -0.15) is 0 Å². The van der Waals surface area contributed by atoms with Gasteiger partial charge < -0.3 is 9.88 Å². The van der Waals surface area contributed by atoms with E-state index < -0.39 is 0 Å². The van der Waals surface area contributed by atoms with Gasteiger partial charge in [0.1, 0.15) is 11.4 Å². The number of thiophene rings is 1. The first-order valence-electron chi connectivity index (χ1n) is 8.70. The summed E-state index contributed by atoms with van der Waals surface area (Å²) >= 11 is 1.56. The molecule has 1 aliphatic heterocycles. The molecule has 1 aliphatic rings. The van der Waals surface area contributed by atoms with Crippen LogP contribution < -0.4 is 10.5 Å². The van der Waals surface area contributed by atoms with Gasteiger partial charge in [-0.3, -0.25) is 4.79 Å². The molecule has 0 radical (unpaired) electrons. The highest BCUT2D eigenvalue weighted by Gasteiger charge is 2.17. The summed E-state index contributed by atoms with van der Waals surface area (Å²) in [6.07, 6.45) is 5.22. The van der Waals surface area contributed by atoms with Gasteiger partial charge in [-0.25, -0.2) is 4.98 Å². The molecule has 24 heavy (non-hydrogen) atoms. The molecule has 4 rings (SSSR count). The third-order valence-electron chi connectivity index (χ3n) is 4.81. The maximum Gasteiger partial charge on any atom is 0.260 e. The van der Waals surface area contributed by atoms with Crippen LogP contribution in [-0.4, -0.2) is 23.1 Å². The molecular formula is C19H22N3OS+. The van der Waals surface area contributed by atoms with Gasteiger partial charge in [-0.05, 0) is 31.2 Å². The van der Waals surface area contributed by atoms with Crippen LogP contribution in [0, 0.1) is 0 Å². The van der Waals surface area contributed by atoms with Gasteiger partial charge in [0.2, 0.25) is 0 Å². The van der Waals surface area contributed by atoms with E-state index in [2.05, 4.69) is 4.98 Å². The third-order valence-corrected chi connectivity index (χ3v) is 5.68. The van der Waals surface area contributed by atoms with Crippen molar-refractivity contribution in [3.63, 3.8) is 0 Å². The van der Waals surface area contributed by atoms with Crippen LogP contribution in [-0.2, 0) is 6.54 Å². The maximum atomic E-state index is 12.7. The molecule has 2 aromatic heterocycles. The Hall–Kier alpha value is -1.98. The number of likely N-dealkylation sites (tertiary alicyclic amines) is 1. The lowest BCUT2D eigenvalue weighted by molar-refractivity contribution is -0.913. The Morgan fingerprint density at radius 1 is 1.08 bits per heavy atom. The van der Waals surface area contributed by atoms with Crippen LogP contribution in [0.3, 0.4) is 0 Å². The van der Waals surface area contributed by atoms with Crippen LogP contribution in [0.1, 0.15) is 31.5 Å². The average molecular weight is 340 g/mol. The Labute approximate surface area is 145 Å². The van der Waals surface area contributed by atoms with Crippen molar-refractivity contribution in [2.24, 2.45) is 0 Å². The highest BCUT2D eigenvalue weighted by molar-refractivity contribution is 7.17. The van der Waals surface area contributed by atoms with Crippen molar-refractivity contribution in [2.45, 2.75) is 32.2 Å². The minimum Gasteiger partial charge on any atom is -0.329 e. The lowest BCUT2D eigenvalue weighted by Gasteiger charge is -2.16. The molecule has 2 N–H and O–H groups in total. The molecule has 4 nitrogen and oxygen atoms in total. The summed E-state index contributed by atoms with van der Waals surface area (Å²) in [5.41, 5.74) is 2.05. The number of H-pyrrole nitrogens is 1. The first kappa shape index (κ1) is 15.5. The van der Waals surface area contributed by atoms with E-state index in [4.69, 9.17) is 4.98 Å². The summed E-state index contributed by atoms with van der Waals surface area (Å²) in [6, 6.07) is 10.1. The molecule has 124 valence electrons. The van der Waals surface area contributed by atoms with Crippen molar-refractivity contribution >= 4 is 21.6 Å². The second-order valence-corrected chi connectivity index (χ2v) is 7.41. The van der Waals surface area contributed by atoms with E-state index in [0.717, 1.165) is 33.7 Å². The highest BCUT2D eigenvalue weighted by Crippen LogP contribution is 2.30. The van der Waals surface area contributed by atoms with E-state index in [1.165, 1.54) is 43.7 Å². The lowest BCUT2D eigenvalue weighted by Crippen LogP contribution is -3.10. The number of quaternary nitrogens is 1. The molecule has 0 unspecified atom stereocenters. The van der Waals surface area contributed by atoms with Gasteiger partial charge in [0.15, 0.2) is 5.82 Å². The molecule has 1 aromatic carbocycles. The molecule has 0 amide bonds. The number of aromatic amines is 1. The van der Waals surface area contributed by atoms with E-state index >= 15 is 0 Å². The van der Waals surface area contributed by atoms with E-state index in [-0.39, 0.29) is 5.56 Å². The number of rotatable bonds is 3. The van der Waals surface area contributed by atoms with Crippen LogP contribution in [0.15, 0.2) is 40.5 Å². The molecule has 1 saturated heterocycles. The number of nitrogens with zero attached hydrogens (tertiary/aromatic N) is 1. The number of hydrogen-bond donors (Lipinski definition) is 2. The first-order chi connectivity index (χ1) is 11.8. The van der Waals surface area contributed by atoms with E-state index in [0.29, 0.717) is 0 Å². The van der Waals surface area contributed by atoms with Gasteiger partial charge in [-0.1, -0.05) is 30.3 Å². The average Bonchev–Trinajstić information content (AvgIpc) is 2.86. The molecule has 0 saturated carbocycles. The molecule has 3 heterocycles. The monoisotopic (exact) mass is 340 g/mol. The molecule has 0 spiro atoms. The molecule has 3 aromatic rings. The largest absolute Gasteiger partial charge is 0.329 e. The van der Waals surface area contributed by atoms with E-state index in [9.17, 15) is 4.79 Å². The summed E-state index contributed by atoms with van der Waals surface area (Å²) < 4.78 is 0. The summed E-state index contributed by atoms with van der Waals surface area (Å²) in [7, 11) is 0. The predicted octanol–water partition coefficient (Wildman–Crippen LogP) is 2.61. The van der Waals surface area contributed by atoms with Crippen molar-refractivity contribution in [1.29, 1.82) is 0 Å². The Balaban J connectivity index is 1.67. The van der Waals surface area contributed by atoms with Crippen molar-refractivity contribution in [1.82, 2.24) is 9.97 Å². The van der Waals surface area contributed by atoms with Crippen LogP contribution in [0.25, 0.3) is 21.3 Å². The highest BCUT2D eigenvalue weighted by atomic mass is 32.1. The number of benzene rings is 1. The number of aromatic nitrogens is 2. The molecule has 0 atom stereocenters. The van der Waals surface area contributed by atoms with Crippen molar-refractivity contribution in [3.05, 3.63) is 51.9 Å². The summed E-state index contributed by atoms with van der Waals surface area (Å²) in [5.74, 6) is 0.825. The minimum atomic E-state index is -0.00988. The fourth-order valence-corrected chi connectivity index (χ4v) is 4.52. The lowest BCUT2D eigenvalue weighted by atomic mass is 10.1. The fourth-order valence-electron chi connectivity index (χ4n) is 3.55. The van der Waals surface area contributed by atoms with E-state index in [1.807, 2.05) is 35.7 Å². The van der Waals surface area contributed by atoms with Crippen LogP contribution in [0.4, 0.5) is 0 Å². The number of nitrogens with one attached hydrogen (secondary N) is 2. The maximum absolute atomic E-state index is 12.7. The number of hydrogen-bond acceptors (Lipinski definition) is 3. The van der Waals surface area contributed by atoms with Gasteiger partial charge in [0, 0.05) is 10.9 Å². The molecular weight excluding hydrogens is 318 g/mol. The Kier molecular flexibility index (Phi) is 4.45. The van der Waals surface area contributed by atoms with Gasteiger partial charge >= 0.3 is 0 Å². The summed E-state index contributed by atoms with van der Waals surface area (Å²) in [6.45, 7) is 3.19. The predicted molar refractivity (Wildman–Crippen MR) is 98.5 cm³/mol. The standard InChI is InChI=1S/C19H21N3OS/c23-18-17-15(14-8-4-3-5-9-14)13-24-19(17)21-16(20-18)12-22-10-6-1-2-7-11-22/h3-5,8-9,13H,1-2,6-7,10-12H2,(H,20,21,23)/p+1. The second-order valence-electron chi connectivity index (χ2n) is 6.55.